The molecular formula is C24H26FN3. The fraction of sp³-hybridized carbons (Fsp3) is 0.375. The number of piperidine rings is 1. The Kier molecular flexibility index (Phi) is 4.83. The highest BCUT2D eigenvalue weighted by Crippen LogP contribution is 2.25. The molecule has 2 aromatic carbocycles. The zero-order valence-electron chi connectivity index (χ0n) is 16.1. The van der Waals surface area contributed by atoms with Gasteiger partial charge in [0.15, 0.2) is 0 Å². The molecule has 5 rings (SSSR count). The molecule has 2 aliphatic rings. The van der Waals surface area contributed by atoms with Gasteiger partial charge in [-0.15, -0.1) is 0 Å². The predicted octanol–water partition coefficient (Wildman–Crippen LogP) is 4.40. The second-order valence-electron chi connectivity index (χ2n) is 8.13. The Morgan fingerprint density at radius 1 is 0.964 bits per heavy atom. The van der Waals surface area contributed by atoms with Gasteiger partial charge in [0.05, 0.1) is 5.69 Å². The summed E-state index contributed by atoms with van der Waals surface area (Å²) in [6.07, 6.45) is 3.63. The van der Waals surface area contributed by atoms with Gasteiger partial charge in [-0.2, -0.15) is 0 Å². The van der Waals surface area contributed by atoms with E-state index in [1.807, 2.05) is 18.2 Å². The number of pyridine rings is 1. The predicted molar refractivity (Wildman–Crippen MR) is 111 cm³/mol. The van der Waals surface area contributed by atoms with E-state index in [0.29, 0.717) is 11.6 Å². The average molecular weight is 375 g/mol. The molecule has 1 saturated heterocycles. The van der Waals surface area contributed by atoms with Crippen LogP contribution in [-0.4, -0.2) is 40.5 Å². The Morgan fingerprint density at radius 3 is 2.79 bits per heavy atom. The van der Waals surface area contributed by atoms with Crippen LogP contribution in [0.2, 0.25) is 0 Å². The van der Waals surface area contributed by atoms with Crippen LogP contribution in [0.3, 0.4) is 0 Å². The van der Waals surface area contributed by atoms with Crippen LogP contribution in [0.1, 0.15) is 29.7 Å². The van der Waals surface area contributed by atoms with Crippen LogP contribution in [0.4, 0.5) is 4.39 Å². The third-order valence-corrected chi connectivity index (χ3v) is 6.27. The molecule has 1 atom stereocenters. The Balaban J connectivity index is 1.28. The zero-order valence-corrected chi connectivity index (χ0v) is 16.1. The van der Waals surface area contributed by atoms with Gasteiger partial charge in [-0.3, -0.25) is 9.80 Å². The van der Waals surface area contributed by atoms with Gasteiger partial charge in [-0.25, -0.2) is 9.37 Å². The minimum absolute atomic E-state index is 0.233. The lowest BCUT2D eigenvalue weighted by atomic mass is 9.96. The molecule has 1 fully saturated rings. The lowest BCUT2D eigenvalue weighted by Gasteiger charge is -2.41. The maximum absolute atomic E-state index is 14.1. The topological polar surface area (TPSA) is 19.4 Å². The number of rotatable bonds is 3. The number of nitrogens with zero attached hydrogens (tertiary/aromatic N) is 3. The van der Waals surface area contributed by atoms with E-state index in [9.17, 15) is 4.39 Å². The minimum Gasteiger partial charge on any atom is -0.296 e. The Bertz CT molecular complexity index is 987. The van der Waals surface area contributed by atoms with Crippen molar-refractivity contribution in [2.45, 2.75) is 38.4 Å². The van der Waals surface area contributed by atoms with Gasteiger partial charge in [0, 0.05) is 37.6 Å². The fourth-order valence-corrected chi connectivity index (χ4v) is 4.77. The van der Waals surface area contributed by atoms with Crippen molar-refractivity contribution in [2.75, 3.05) is 19.6 Å². The van der Waals surface area contributed by atoms with E-state index in [4.69, 9.17) is 0 Å². The summed E-state index contributed by atoms with van der Waals surface area (Å²) in [5, 5.41) is 0.868. The molecule has 0 saturated carbocycles. The summed E-state index contributed by atoms with van der Waals surface area (Å²) in [7, 11) is 0. The number of hydrogen-bond donors (Lipinski definition) is 0. The molecule has 28 heavy (non-hydrogen) atoms. The van der Waals surface area contributed by atoms with Crippen molar-refractivity contribution in [1.29, 1.82) is 0 Å². The molecule has 3 heterocycles. The highest BCUT2D eigenvalue weighted by molar-refractivity contribution is 5.79. The summed E-state index contributed by atoms with van der Waals surface area (Å²) >= 11 is 0. The maximum Gasteiger partial charge on any atom is 0.149 e. The van der Waals surface area contributed by atoms with Gasteiger partial charge >= 0.3 is 0 Å². The summed E-state index contributed by atoms with van der Waals surface area (Å²) in [4.78, 5) is 9.75. The van der Waals surface area contributed by atoms with Crippen molar-refractivity contribution < 1.29 is 4.39 Å². The number of fused-ring (bicyclic) bond motifs is 2. The molecule has 3 aromatic rings. The van der Waals surface area contributed by atoms with Gasteiger partial charge in [-0.05, 0) is 49.1 Å². The SMILES string of the molecule is Fc1cccc2ccc(CN3CCCC(N4CCc5ccccc5C4)C3)nc12. The van der Waals surface area contributed by atoms with Crippen LogP contribution in [0.5, 0.6) is 0 Å². The summed E-state index contributed by atoms with van der Waals surface area (Å²) in [5.41, 5.74) is 4.44. The number of para-hydroxylation sites is 1. The molecule has 0 aliphatic carbocycles. The molecule has 0 spiro atoms. The first-order chi connectivity index (χ1) is 13.8. The first kappa shape index (κ1) is 17.8. The van der Waals surface area contributed by atoms with E-state index in [1.54, 1.807) is 6.07 Å². The van der Waals surface area contributed by atoms with Crippen molar-refractivity contribution in [3.8, 4) is 0 Å². The quantitative estimate of drug-likeness (QED) is 0.677. The smallest absolute Gasteiger partial charge is 0.149 e. The van der Waals surface area contributed by atoms with Crippen molar-refractivity contribution in [1.82, 2.24) is 14.8 Å². The van der Waals surface area contributed by atoms with Crippen molar-refractivity contribution >= 4 is 10.9 Å². The highest BCUT2D eigenvalue weighted by Gasteiger charge is 2.28. The third-order valence-electron chi connectivity index (χ3n) is 6.27. The molecule has 0 amide bonds. The van der Waals surface area contributed by atoms with Crippen LogP contribution >= 0.6 is 0 Å². The molecule has 3 nitrogen and oxygen atoms in total. The van der Waals surface area contributed by atoms with E-state index < -0.39 is 0 Å². The van der Waals surface area contributed by atoms with E-state index in [-0.39, 0.29) is 5.82 Å². The lowest BCUT2D eigenvalue weighted by Crippen LogP contribution is -2.49. The summed E-state index contributed by atoms with van der Waals surface area (Å²) in [5.74, 6) is -0.233. The molecule has 0 N–H and O–H groups in total. The van der Waals surface area contributed by atoms with Crippen LogP contribution < -0.4 is 0 Å². The van der Waals surface area contributed by atoms with Crippen molar-refractivity contribution in [3.63, 3.8) is 0 Å². The first-order valence-corrected chi connectivity index (χ1v) is 10.3. The second-order valence-corrected chi connectivity index (χ2v) is 8.13. The number of hydrogen-bond acceptors (Lipinski definition) is 3. The van der Waals surface area contributed by atoms with E-state index in [0.717, 1.165) is 50.2 Å². The summed E-state index contributed by atoms with van der Waals surface area (Å²) in [6, 6.07) is 18.6. The third kappa shape index (κ3) is 3.54. The van der Waals surface area contributed by atoms with E-state index in [1.165, 1.54) is 30.0 Å². The Labute approximate surface area is 165 Å². The van der Waals surface area contributed by atoms with Crippen LogP contribution in [0, 0.1) is 5.82 Å². The van der Waals surface area contributed by atoms with Crippen LogP contribution in [-0.2, 0) is 19.5 Å². The number of likely N-dealkylation sites (tertiary alicyclic amines) is 1. The Hall–Kier alpha value is -2.30. The molecular weight excluding hydrogens is 349 g/mol. The molecule has 2 aliphatic heterocycles. The van der Waals surface area contributed by atoms with Crippen LogP contribution in [0.25, 0.3) is 10.9 Å². The lowest BCUT2D eigenvalue weighted by molar-refractivity contribution is 0.0832. The monoisotopic (exact) mass is 375 g/mol. The van der Waals surface area contributed by atoms with Gasteiger partial charge in [-0.1, -0.05) is 42.5 Å². The molecule has 1 unspecified atom stereocenters. The van der Waals surface area contributed by atoms with E-state index >= 15 is 0 Å². The molecule has 1 aromatic heterocycles. The molecule has 0 radical (unpaired) electrons. The largest absolute Gasteiger partial charge is 0.296 e. The molecule has 4 heteroatoms. The molecule has 0 bridgehead atoms. The maximum atomic E-state index is 14.1. The van der Waals surface area contributed by atoms with Gasteiger partial charge < -0.3 is 0 Å². The number of benzene rings is 2. The van der Waals surface area contributed by atoms with Gasteiger partial charge in [0.2, 0.25) is 0 Å². The molecule has 144 valence electrons. The second kappa shape index (κ2) is 7.61. The van der Waals surface area contributed by atoms with Crippen molar-refractivity contribution in [2.24, 2.45) is 0 Å². The minimum atomic E-state index is -0.233. The van der Waals surface area contributed by atoms with Crippen LogP contribution in [0.15, 0.2) is 54.6 Å². The standard InChI is InChI=1S/C24H26FN3/c25-23-9-3-7-19-10-11-21(26-24(19)23)16-27-13-4-8-22(17-27)28-14-12-18-5-1-2-6-20(18)15-28/h1-3,5-7,9-11,22H,4,8,12-17H2. The van der Waals surface area contributed by atoms with Gasteiger partial charge in [0.1, 0.15) is 11.3 Å². The average Bonchev–Trinajstić information content (AvgIpc) is 2.74. The van der Waals surface area contributed by atoms with E-state index in [2.05, 4.69) is 39.0 Å². The summed E-state index contributed by atoms with van der Waals surface area (Å²) in [6.45, 7) is 5.17. The normalized spacial score (nSPS) is 21.0. The number of halogens is 1. The Morgan fingerprint density at radius 2 is 1.86 bits per heavy atom. The van der Waals surface area contributed by atoms with Gasteiger partial charge in [0.25, 0.3) is 0 Å². The zero-order chi connectivity index (χ0) is 18.9. The number of aromatic nitrogens is 1. The fourth-order valence-electron chi connectivity index (χ4n) is 4.77. The highest BCUT2D eigenvalue weighted by atomic mass is 19.1. The first-order valence-electron chi connectivity index (χ1n) is 10.3. The summed E-state index contributed by atoms with van der Waals surface area (Å²) < 4.78 is 14.1. The van der Waals surface area contributed by atoms with Crippen molar-refractivity contribution in [3.05, 3.63) is 77.2 Å².